The molecule has 224 valence electrons. The minimum absolute atomic E-state index is 0.0232. The number of thioether (sulfide) groups is 2. The fourth-order valence-corrected chi connectivity index (χ4v) is 7.11. The molecule has 2 amide bonds. The van der Waals surface area contributed by atoms with Gasteiger partial charge in [-0.15, -0.1) is 22.0 Å². The van der Waals surface area contributed by atoms with Crippen LogP contribution in [0.1, 0.15) is 43.1 Å². The van der Waals surface area contributed by atoms with Crippen molar-refractivity contribution < 1.29 is 9.59 Å². The molecule has 1 saturated heterocycles. The van der Waals surface area contributed by atoms with Crippen LogP contribution in [0.15, 0.2) is 95.0 Å². The molecule has 3 aromatic carbocycles. The Bertz CT molecular complexity index is 1500. The first-order valence-corrected chi connectivity index (χ1v) is 16.9. The third kappa shape index (κ3) is 8.30. The maximum atomic E-state index is 13.0. The molecule has 1 unspecified atom stereocenters. The number of para-hydroxylation sites is 1. The van der Waals surface area contributed by atoms with Gasteiger partial charge in [-0.2, -0.15) is 0 Å². The molecule has 43 heavy (non-hydrogen) atoms. The van der Waals surface area contributed by atoms with Gasteiger partial charge in [-0.1, -0.05) is 78.5 Å². The van der Waals surface area contributed by atoms with Crippen molar-refractivity contribution in [1.29, 1.82) is 0 Å². The molecule has 1 fully saturated rings. The highest BCUT2D eigenvalue weighted by Gasteiger charge is 2.29. The highest BCUT2D eigenvalue weighted by atomic mass is 32.2. The first-order valence-electron chi connectivity index (χ1n) is 14.9. The van der Waals surface area contributed by atoms with Gasteiger partial charge >= 0.3 is 0 Å². The molecule has 0 aliphatic carbocycles. The van der Waals surface area contributed by atoms with Crippen molar-refractivity contribution in [3.05, 3.63) is 102 Å². The number of nitrogens with zero attached hydrogens (tertiary/aromatic N) is 5. The fourth-order valence-electron chi connectivity index (χ4n) is 5.34. The number of hydrogen-bond donors (Lipinski definition) is 0. The van der Waals surface area contributed by atoms with Crippen LogP contribution in [0.25, 0.3) is 5.69 Å². The second-order valence-electron chi connectivity index (χ2n) is 10.9. The summed E-state index contributed by atoms with van der Waals surface area (Å²) in [6, 6.07) is 28.7. The number of amides is 2. The second kappa shape index (κ2) is 15.3. The van der Waals surface area contributed by atoms with E-state index in [1.54, 1.807) is 23.5 Å². The fraction of sp³-hybridized carbons (Fsp3) is 0.353. The largest absolute Gasteiger partial charge is 0.339 e. The topological polar surface area (TPSA) is 71.3 Å². The minimum atomic E-state index is 0.0232. The zero-order valence-electron chi connectivity index (χ0n) is 24.9. The van der Waals surface area contributed by atoms with Gasteiger partial charge in [-0.25, -0.2) is 0 Å². The van der Waals surface area contributed by atoms with Gasteiger partial charge in [0.05, 0.1) is 11.4 Å². The van der Waals surface area contributed by atoms with Crippen LogP contribution >= 0.6 is 23.5 Å². The molecule has 4 aromatic rings. The monoisotopic (exact) mass is 613 g/mol. The van der Waals surface area contributed by atoms with E-state index in [2.05, 4.69) is 52.0 Å². The molecule has 2 heterocycles. The summed E-state index contributed by atoms with van der Waals surface area (Å²) in [6.45, 7) is 5.94. The van der Waals surface area contributed by atoms with E-state index in [0.717, 1.165) is 40.2 Å². The number of aromatic nitrogens is 3. The van der Waals surface area contributed by atoms with Crippen molar-refractivity contribution in [3.63, 3.8) is 0 Å². The number of unbranched alkanes of at least 4 members (excludes halogenated alkanes) is 1. The first-order chi connectivity index (χ1) is 21.0. The normalized spacial score (nSPS) is 15.1. The second-order valence-corrected chi connectivity index (χ2v) is 13.0. The number of carbonyl (C=O) groups is 2. The average Bonchev–Trinajstić information content (AvgIpc) is 3.42. The van der Waals surface area contributed by atoms with Gasteiger partial charge < -0.3 is 9.80 Å². The van der Waals surface area contributed by atoms with E-state index < -0.39 is 0 Å². The molecule has 0 spiro atoms. The Hall–Kier alpha value is -3.56. The minimum Gasteiger partial charge on any atom is -0.339 e. The maximum absolute atomic E-state index is 13.0. The van der Waals surface area contributed by atoms with Crippen LogP contribution in [0.5, 0.6) is 0 Å². The Kier molecular flexibility index (Phi) is 11.0. The first kappa shape index (κ1) is 30.9. The number of aryl methyl sites for hydroxylation is 1. The predicted octanol–water partition coefficient (Wildman–Crippen LogP) is 6.28. The summed E-state index contributed by atoms with van der Waals surface area (Å²) in [4.78, 5) is 30.8. The SMILES string of the molecule is Cc1ccccc1-n1c(Cc2ccccc2)nnc1SCCCCC(=O)N1CCN(C(=O)CSc2ccccc2)C(C)C1. The zero-order valence-corrected chi connectivity index (χ0v) is 26.5. The molecule has 1 aliphatic rings. The molecule has 1 atom stereocenters. The molecular weight excluding hydrogens is 575 g/mol. The van der Waals surface area contributed by atoms with Crippen molar-refractivity contribution >= 4 is 35.3 Å². The third-order valence-electron chi connectivity index (χ3n) is 7.68. The van der Waals surface area contributed by atoms with E-state index in [1.165, 1.54) is 11.1 Å². The molecule has 7 nitrogen and oxygen atoms in total. The lowest BCUT2D eigenvalue weighted by atomic mass is 10.1. The summed E-state index contributed by atoms with van der Waals surface area (Å²) in [6.07, 6.45) is 2.97. The number of benzene rings is 3. The van der Waals surface area contributed by atoms with E-state index in [0.29, 0.717) is 38.2 Å². The summed E-state index contributed by atoms with van der Waals surface area (Å²) in [5.74, 6) is 2.52. The summed E-state index contributed by atoms with van der Waals surface area (Å²) in [5.41, 5.74) is 3.47. The molecule has 5 rings (SSSR count). The van der Waals surface area contributed by atoms with Crippen molar-refractivity contribution in [3.8, 4) is 5.69 Å². The molecular formula is C34H39N5O2S2. The molecule has 0 radical (unpaired) electrons. The zero-order chi connectivity index (χ0) is 30.0. The van der Waals surface area contributed by atoms with Gasteiger partial charge in [0.2, 0.25) is 11.8 Å². The lowest BCUT2D eigenvalue weighted by molar-refractivity contribution is -0.141. The molecule has 0 saturated carbocycles. The predicted molar refractivity (Wildman–Crippen MR) is 175 cm³/mol. The standard InChI is InChI=1S/C34H39N5O2S2/c1-26-13-9-10-18-30(26)39-31(23-28-14-5-3-6-15-28)35-36-34(39)42-22-12-11-19-32(40)37-20-21-38(27(2)24-37)33(41)25-43-29-16-7-4-8-17-29/h3-10,13-18,27H,11-12,19-25H2,1-2H3. The van der Waals surface area contributed by atoms with Crippen molar-refractivity contribution in [2.45, 2.75) is 55.6 Å². The average molecular weight is 614 g/mol. The number of piperazine rings is 1. The third-order valence-corrected chi connectivity index (χ3v) is 9.70. The molecule has 0 bridgehead atoms. The smallest absolute Gasteiger partial charge is 0.233 e. The van der Waals surface area contributed by atoms with Crippen LogP contribution in [-0.2, 0) is 16.0 Å². The van der Waals surface area contributed by atoms with Crippen molar-refractivity contribution in [2.75, 3.05) is 31.1 Å². The van der Waals surface area contributed by atoms with Gasteiger partial charge in [0, 0.05) is 49.2 Å². The molecule has 1 aromatic heterocycles. The van der Waals surface area contributed by atoms with Gasteiger partial charge in [-0.05, 0) is 56.0 Å². The van der Waals surface area contributed by atoms with E-state index in [4.69, 9.17) is 0 Å². The highest BCUT2D eigenvalue weighted by Crippen LogP contribution is 2.26. The molecule has 0 N–H and O–H groups in total. The number of carbonyl (C=O) groups excluding carboxylic acids is 2. The van der Waals surface area contributed by atoms with E-state index in [1.807, 2.05) is 71.3 Å². The van der Waals surface area contributed by atoms with Crippen LogP contribution in [0.2, 0.25) is 0 Å². The Morgan fingerprint density at radius 1 is 0.837 bits per heavy atom. The summed E-state index contributed by atoms with van der Waals surface area (Å²) in [5, 5.41) is 10.0. The van der Waals surface area contributed by atoms with Gasteiger partial charge in [0.1, 0.15) is 5.82 Å². The van der Waals surface area contributed by atoms with E-state index in [-0.39, 0.29) is 17.9 Å². The van der Waals surface area contributed by atoms with Crippen LogP contribution in [0.3, 0.4) is 0 Å². The Morgan fingerprint density at radius 2 is 1.56 bits per heavy atom. The lowest BCUT2D eigenvalue weighted by Crippen LogP contribution is -2.55. The summed E-state index contributed by atoms with van der Waals surface area (Å²) in [7, 11) is 0. The molecule has 1 aliphatic heterocycles. The van der Waals surface area contributed by atoms with Gasteiger partial charge in [0.15, 0.2) is 5.16 Å². The van der Waals surface area contributed by atoms with Crippen LogP contribution in [-0.4, -0.2) is 73.6 Å². The number of rotatable bonds is 12. The van der Waals surface area contributed by atoms with Crippen molar-refractivity contribution in [2.24, 2.45) is 0 Å². The highest BCUT2D eigenvalue weighted by molar-refractivity contribution is 8.00. The van der Waals surface area contributed by atoms with Crippen molar-refractivity contribution in [1.82, 2.24) is 24.6 Å². The molecule has 9 heteroatoms. The quantitative estimate of drug-likeness (QED) is 0.138. The Morgan fingerprint density at radius 3 is 2.30 bits per heavy atom. The Balaban J connectivity index is 1.09. The Labute approximate surface area is 263 Å². The maximum Gasteiger partial charge on any atom is 0.233 e. The van der Waals surface area contributed by atoms with Gasteiger partial charge in [0.25, 0.3) is 0 Å². The van der Waals surface area contributed by atoms with E-state index >= 15 is 0 Å². The van der Waals surface area contributed by atoms with E-state index in [9.17, 15) is 9.59 Å². The van der Waals surface area contributed by atoms with Gasteiger partial charge in [-0.3, -0.25) is 14.2 Å². The van der Waals surface area contributed by atoms with Crippen LogP contribution < -0.4 is 0 Å². The lowest BCUT2D eigenvalue weighted by Gasteiger charge is -2.40. The summed E-state index contributed by atoms with van der Waals surface area (Å²) < 4.78 is 2.18. The van der Waals surface area contributed by atoms with Crippen LogP contribution in [0.4, 0.5) is 0 Å². The van der Waals surface area contributed by atoms with Crippen LogP contribution in [0, 0.1) is 6.92 Å². The summed E-state index contributed by atoms with van der Waals surface area (Å²) >= 11 is 3.26. The number of hydrogen-bond acceptors (Lipinski definition) is 6.